The second kappa shape index (κ2) is 4.97. The minimum atomic E-state index is -1.20. The maximum absolute atomic E-state index is 11.0. The first-order valence-electron chi connectivity index (χ1n) is 4.34. The van der Waals surface area contributed by atoms with Crippen LogP contribution in [0.5, 0.6) is 11.5 Å². The molecule has 84 valence electrons. The number of aromatic carboxylic acids is 1. The van der Waals surface area contributed by atoms with Crippen LogP contribution in [0.2, 0.25) is 0 Å². The van der Waals surface area contributed by atoms with Crippen LogP contribution < -0.4 is 9.47 Å². The quantitative estimate of drug-likeness (QED) is 0.474. The van der Waals surface area contributed by atoms with Crippen molar-refractivity contribution in [1.82, 2.24) is 0 Å². The topological polar surface area (TPSA) is 72.8 Å². The molecule has 5 nitrogen and oxygen atoms in total. The number of methoxy groups -OCH3 is 1. The second-order valence-electron chi connectivity index (χ2n) is 2.77. The van der Waals surface area contributed by atoms with E-state index in [4.69, 9.17) is 14.6 Å². The predicted octanol–water partition coefficient (Wildman–Crippen LogP) is 1.48. The number of ether oxygens (including phenoxy) is 2. The number of para-hydroxylation sites is 1. The molecule has 0 radical (unpaired) electrons. The molecule has 0 saturated heterocycles. The first-order valence-corrected chi connectivity index (χ1v) is 4.34. The molecule has 1 aromatic carbocycles. The molecule has 1 aromatic rings. The van der Waals surface area contributed by atoms with E-state index < -0.39 is 11.9 Å². The zero-order chi connectivity index (χ0) is 12.1. The largest absolute Gasteiger partial charge is 0.493 e. The summed E-state index contributed by atoms with van der Waals surface area (Å²) in [5.74, 6) is -1.89. The average molecular weight is 222 g/mol. The van der Waals surface area contributed by atoms with Crippen molar-refractivity contribution in [1.29, 1.82) is 0 Å². The van der Waals surface area contributed by atoms with Gasteiger partial charge in [-0.05, 0) is 12.1 Å². The lowest BCUT2D eigenvalue weighted by Gasteiger charge is -2.10. The number of hydrogen-bond acceptors (Lipinski definition) is 4. The van der Waals surface area contributed by atoms with Crippen molar-refractivity contribution in [2.24, 2.45) is 0 Å². The Bertz CT molecular complexity index is 436. The van der Waals surface area contributed by atoms with Gasteiger partial charge in [-0.1, -0.05) is 12.6 Å². The summed E-state index contributed by atoms with van der Waals surface area (Å²) in [4.78, 5) is 21.9. The van der Waals surface area contributed by atoms with Crippen molar-refractivity contribution >= 4 is 11.9 Å². The normalized spacial score (nSPS) is 9.31. The Morgan fingerprint density at radius 1 is 1.44 bits per heavy atom. The van der Waals surface area contributed by atoms with E-state index in [1.165, 1.54) is 25.3 Å². The van der Waals surface area contributed by atoms with Gasteiger partial charge in [-0.25, -0.2) is 9.59 Å². The fourth-order valence-electron chi connectivity index (χ4n) is 1.09. The van der Waals surface area contributed by atoms with E-state index in [0.29, 0.717) is 0 Å². The van der Waals surface area contributed by atoms with Crippen LogP contribution >= 0.6 is 0 Å². The molecule has 16 heavy (non-hydrogen) atoms. The molecule has 0 heterocycles. The standard InChI is InChI=1S/C11H10O5/c1-3-9(12)16-10-7(11(13)14)5-4-6-8(10)15-2/h3-6H,1H2,2H3,(H,13,14). The minimum absolute atomic E-state index is 0.123. The van der Waals surface area contributed by atoms with Crippen LogP contribution in [0.4, 0.5) is 0 Å². The van der Waals surface area contributed by atoms with Crippen LogP contribution in [-0.4, -0.2) is 24.2 Å². The van der Waals surface area contributed by atoms with Crippen LogP contribution in [0.1, 0.15) is 10.4 Å². The number of benzene rings is 1. The second-order valence-corrected chi connectivity index (χ2v) is 2.77. The van der Waals surface area contributed by atoms with Crippen molar-refractivity contribution in [2.75, 3.05) is 7.11 Å². The van der Waals surface area contributed by atoms with Crippen molar-refractivity contribution in [3.8, 4) is 11.5 Å². The molecule has 0 fully saturated rings. The number of carbonyl (C=O) groups excluding carboxylic acids is 1. The van der Waals surface area contributed by atoms with Crippen molar-refractivity contribution in [2.45, 2.75) is 0 Å². The summed E-state index contributed by atoms with van der Waals surface area (Å²) in [5.41, 5.74) is -0.144. The Morgan fingerprint density at radius 3 is 2.62 bits per heavy atom. The van der Waals surface area contributed by atoms with Crippen molar-refractivity contribution in [3.05, 3.63) is 36.4 Å². The summed E-state index contributed by atoms with van der Waals surface area (Å²) < 4.78 is 9.72. The zero-order valence-corrected chi connectivity index (χ0v) is 8.60. The minimum Gasteiger partial charge on any atom is -0.493 e. The molecule has 0 aliphatic rings. The molecule has 0 bridgehead atoms. The van der Waals surface area contributed by atoms with Gasteiger partial charge in [0, 0.05) is 6.08 Å². The van der Waals surface area contributed by atoms with Crippen molar-refractivity contribution < 1.29 is 24.2 Å². The lowest BCUT2D eigenvalue weighted by molar-refractivity contribution is -0.129. The number of rotatable bonds is 4. The van der Waals surface area contributed by atoms with Gasteiger partial charge in [-0.15, -0.1) is 0 Å². The highest BCUT2D eigenvalue weighted by atomic mass is 16.6. The molecule has 0 unspecified atom stereocenters. The fraction of sp³-hybridized carbons (Fsp3) is 0.0909. The third-order valence-electron chi connectivity index (χ3n) is 1.80. The van der Waals surface area contributed by atoms with E-state index in [1.807, 2.05) is 0 Å². The smallest absolute Gasteiger partial charge is 0.339 e. The maximum atomic E-state index is 11.0. The Hall–Kier alpha value is -2.30. The lowest BCUT2D eigenvalue weighted by atomic mass is 10.2. The van der Waals surface area contributed by atoms with E-state index in [0.717, 1.165) is 6.08 Å². The molecule has 0 saturated carbocycles. The summed E-state index contributed by atoms with van der Waals surface area (Å²) in [7, 11) is 1.35. The summed E-state index contributed by atoms with van der Waals surface area (Å²) in [6.07, 6.45) is 0.943. The first kappa shape index (κ1) is 11.8. The van der Waals surface area contributed by atoms with Gasteiger partial charge in [0.05, 0.1) is 7.11 Å². The molecule has 0 aliphatic carbocycles. The molecular weight excluding hydrogens is 212 g/mol. The predicted molar refractivity (Wildman–Crippen MR) is 55.8 cm³/mol. The summed E-state index contributed by atoms with van der Waals surface area (Å²) >= 11 is 0. The van der Waals surface area contributed by atoms with E-state index in [-0.39, 0.29) is 17.1 Å². The van der Waals surface area contributed by atoms with Crippen LogP contribution in [-0.2, 0) is 4.79 Å². The van der Waals surface area contributed by atoms with Gasteiger partial charge in [-0.2, -0.15) is 0 Å². The molecule has 1 N–H and O–H groups in total. The van der Waals surface area contributed by atoms with Crippen LogP contribution in [0, 0.1) is 0 Å². The Balaban J connectivity index is 3.24. The third kappa shape index (κ3) is 2.38. The molecular formula is C11H10O5. The average Bonchev–Trinajstić information content (AvgIpc) is 2.28. The van der Waals surface area contributed by atoms with E-state index in [9.17, 15) is 9.59 Å². The van der Waals surface area contributed by atoms with Crippen molar-refractivity contribution in [3.63, 3.8) is 0 Å². The van der Waals surface area contributed by atoms with Gasteiger partial charge in [-0.3, -0.25) is 0 Å². The zero-order valence-electron chi connectivity index (χ0n) is 8.60. The number of carboxylic acid groups (broad SMARTS) is 1. The maximum Gasteiger partial charge on any atom is 0.339 e. The molecule has 0 spiro atoms. The molecule has 0 atom stereocenters. The van der Waals surface area contributed by atoms with E-state index >= 15 is 0 Å². The number of carboxylic acids is 1. The molecule has 0 aromatic heterocycles. The Labute approximate surface area is 91.9 Å². The number of carbonyl (C=O) groups is 2. The third-order valence-corrected chi connectivity index (χ3v) is 1.80. The monoisotopic (exact) mass is 222 g/mol. The molecule has 0 aliphatic heterocycles. The van der Waals surface area contributed by atoms with Gasteiger partial charge < -0.3 is 14.6 Å². The van der Waals surface area contributed by atoms with Gasteiger partial charge in [0.2, 0.25) is 0 Å². The van der Waals surface area contributed by atoms with Gasteiger partial charge in [0.15, 0.2) is 11.5 Å². The highest BCUT2D eigenvalue weighted by molar-refractivity contribution is 5.94. The van der Waals surface area contributed by atoms with E-state index in [2.05, 4.69) is 6.58 Å². The summed E-state index contributed by atoms with van der Waals surface area (Å²) in [6.45, 7) is 3.22. The number of hydrogen-bond donors (Lipinski definition) is 1. The van der Waals surface area contributed by atoms with Crippen LogP contribution in [0.15, 0.2) is 30.9 Å². The highest BCUT2D eigenvalue weighted by Gasteiger charge is 2.17. The summed E-state index contributed by atoms with van der Waals surface area (Å²) in [6, 6.07) is 4.31. The fourth-order valence-corrected chi connectivity index (χ4v) is 1.09. The molecule has 0 amide bonds. The SMILES string of the molecule is C=CC(=O)Oc1c(OC)cccc1C(=O)O. The van der Waals surface area contributed by atoms with Gasteiger partial charge in [0.25, 0.3) is 0 Å². The van der Waals surface area contributed by atoms with E-state index in [1.54, 1.807) is 0 Å². The highest BCUT2D eigenvalue weighted by Crippen LogP contribution is 2.31. The Kier molecular flexibility index (Phi) is 3.66. The lowest BCUT2D eigenvalue weighted by Crippen LogP contribution is -2.09. The Morgan fingerprint density at radius 2 is 2.12 bits per heavy atom. The molecule has 5 heteroatoms. The van der Waals surface area contributed by atoms with Crippen LogP contribution in [0.3, 0.4) is 0 Å². The number of esters is 1. The first-order chi connectivity index (χ1) is 7.60. The van der Waals surface area contributed by atoms with Gasteiger partial charge >= 0.3 is 11.9 Å². The summed E-state index contributed by atoms with van der Waals surface area (Å²) in [5, 5.41) is 8.90. The van der Waals surface area contributed by atoms with Crippen LogP contribution in [0.25, 0.3) is 0 Å². The molecule has 1 rings (SSSR count). The van der Waals surface area contributed by atoms with Gasteiger partial charge in [0.1, 0.15) is 5.56 Å².